The van der Waals surface area contributed by atoms with Crippen molar-refractivity contribution in [2.24, 2.45) is 0 Å². The van der Waals surface area contributed by atoms with Crippen molar-refractivity contribution in [2.75, 3.05) is 27.9 Å². The quantitative estimate of drug-likeness (QED) is 0.281. The predicted octanol–water partition coefficient (Wildman–Crippen LogP) is 5.33. The monoisotopic (exact) mass is 495 g/mol. The summed E-state index contributed by atoms with van der Waals surface area (Å²) in [6.45, 7) is 0.936. The Kier molecular flexibility index (Phi) is 8.03. The molecule has 7 heteroatoms. The van der Waals surface area contributed by atoms with Gasteiger partial charge in [0, 0.05) is 18.0 Å². The summed E-state index contributed by atoms with van der Waals surface area (Å²) in [7, 11) is 4.86. The second-order valence-electron chi connectivity index (χ2n) is 8.42. The molecule has 0 saturated heterocycles. The zero-order valence-electron chi connectivity index (χ0n) is 20.3. The summed E-state index contributed by atoms with van der Waals surface area (Å²) in [6.07, 6.45) is 2.22. The molecule has 0 aliphatic carbocycles. The first kappa shape index (κ1) is 24.7. The molecule has 0 spiro atoms. The number of fused-ring (bicyclic) bond motifs is 1. The number of nitrogens with zero attached hydrogens (tertiary/aromatic N) is 1. The number of carbonyl (C=O) groups excluding carboxylic acids is 1. The number of carbonyl (C=O) groups is 1. The van der Waals surface area contributed by atoms with Crippen LogP contribution >= 0.6 is 11.6 Å². The molecule has 4 rings (SSSR count). The summed E-state index contributed by atoms with van der Waals surface area (Å²) >= 11 is 6.02. The summed E-state index contributed by atoms with van der Waals surface area (Å²) in [4.78, 5) is 14.0. The van der Waals surface area contributed by atoms with Gasteiger partial charge >= 0.3 is 0 Å². The molecule has 3 aromatic rings. The molecule has 6 nitrogen and oxygen atoms in total. The lowest BCUT2D eigenvalue weighted by Gasteiger charge is -2.37. The normalized spacial score (nSPS) is 14.7. The van der Waals surface area contributed by atoms with E-state index in [0.29, 0.717) is 49.1 Å². The highest BCUT2D eigenvalue weighted by molar-refractivity contribution is 6.17. The lowest BCUT2D eigenvalue weighted by atomic mass is 9.87. The fraction of sp³-hybridized carbons (Fsp3) is 0.321. The van der Waals surface area contributed by atoms with Gasteiger partial charge in [0.25, 0.3) is 0 Å². The van der Waals surface area contributed by atoms with Gasteiger partial charge in [-0.1, -0.05) is 36.4 Å². The summed E-state index contributed by atoms with van der Waals surface area (Å²) in [5.41, 5.74) is 5.10. The van der Waals surface area contributed by atoms with Crippen LogP contribution in [0.3, 0.4) is 0 Å². The lowest BCUT2D eigenvalue weighted by Crippen LogP contribution is -2.36. The predicted molar refractivity (Wildman–Crippen MR) is 136 cm³/mol. The van der Waals surface area contributed by atoms with E-state index < -0.39 is 0 Å². The molecule has 1 atom stereocenters. The summed E-state index contributed by atoms with van der Waals surface area (Å²) in [6, 6.07) is 17.6. The number of ether oxygens (including phenoxy) is 4. The number of halogens is 1. The average molecular weight is 496 g/mol. The van der Waals surface area contributed by atoms with Crippen molar-refractivity contribution in [3.63, 3.8) is 0 Å². The zero-order valence-corrected chi connectivity index (χ0v) is 21.0. The Balaban J connectivity index is 1.79. The van der Waals surface area contributed by atoms with Crippen LogP contribution in [-0.2, 0) is 30.1 Å². The minimum atomic E-state index is -0.229. The van der Waals surface area contributed by atoms with Crippen LogP contribution in [0.5, 0.6) is 23.0 Å². The molecule has 1 amide bonds. The maximum absolute atomic E-state index is 12.1. The van der Waals surface area contributed by atoms with Gasteiger partial charge in [-0.2, -0.15) is 0 Å². The van der Waals surface area contributed by atoms with Gasteiger partial charge in [-0.25, -0.2) is 0 Å². The molecule has 0 saturated carbocycles. The Morgan fingerprint density at radius 1 is 0.943 bits per heavy atom. The number of alkyl halides is 1. The van der Waals surface area contributed by atoms with Crippen LogP contribution in [0.4, 0.5) is 0 Å². The van der Waals surface area contributed by atoms with Gasteiger partial charge in [-0.15, -0.1) is 11.6 Å². The number of methoxy groups -OCH3 is 3. The van der Waals surface area contributed by atoms with E-state index in [4.69, 9.17) is 30.5 Å². The van der Waals surface area contributed by atoms with Crippen molar-refractivity contribution >= 4 is 18.0 Å². The molecule has 3 aromatic carbocycles. The first-order chi connectivity index (χ1) is 17.1. The molecular formula is C28H30ClNO5. The SMILES string of the molecule is COc1cccc(CC2c3c(cc(OC)c(OC)c3OCc3cccc(CCl)c3)CCN2C=O)c1. The van der Waals surface area contributed by atoms with E-state index in [1.807, 2.05) is 59.5 Å². The Hall–Kier alpha value is -3.38. The highest BCUT2D eigenvalue weighted by Crippen LogP contribution is 2.48. The van der Waals surface area contributed by atoms with Crippen molar-refractivity contribution in [1.82, 2.24) is 4.90 Å². The molecule has 0 fully saturated rings. The van der Waals surface area contributed by atoms with E-state index in [0.717, 1.165) is 40.0 Å². The van der Waals surface area contributed by atoms with E-state index >= 15 is 0 Å². The fourth-order valence-corrected chi connectivity index (χ4v) is 4.81. The van der Waals surface area contributed by atoms with Crippen LogP contribution < -0.4 is 18.9 Å². The van der Waals surface area contributed by atoms with E-state index in [1.165, 1.54) is 0 Å². The molecule has 1 aliphatic rings. The van der Waals surface area contributed by atoms with Crippen LogP contribution in [0, 0.1) is 0 Å². The standard InChI is InChI=1S/C28H30ClNO5/c1-32-23-9-5-6-19(13-23)14-24-26-22(10-11-30(24)18-31)15-25(33-2)27(34-3)28(26)35-17-21-8-4-7-20(12-21)16-29/h4-9,12-13,15,18,24H,10-11,14,16-17H2,1-3H3. The van der Waals surface area contributed by atoms with E-state index in [-0.39, 0.29) is 6.04 Å². The number of hydrogen-bond donors (Lipinski definition) is 0. The molecule has 1 unspecified atom stereocenters. The number of hydrogen-bond acceptors (Lipinski definition) is 5. The summed E-state index contributed by atoms with van der Waals surface area (Å²) < 4.78 is 23.3. The minimum Gasteiger partial charge on any atom is -0.497 e. The molecule has 0 N–H and O–H groups in total. The topological polar surface area (TPSA) is 57.2 Å². The first-order valence-corrected chi connectivity index (χ1v) is 12.0. The third kappa shape index (κ3) is 5.33. The molecule has 0 radical (unpaired) electrons. The number of amides is 1. The highest BCUT2D eigenvalue weighted by Gasteiger charge is 2.33. The van der Waals surface area contributed by atoms with E-state index in [1.54, 1.807) is 21.3 Å². The van der Waals surface area contributed by atoms with Crippen LogP contribution in [-0.4, -0.2) is 39.2 Å². The van der Waals surface area contributed by atoms with Crippen LogP contribution in [0.1, 0.15) is 33.9 Å². The lowest BCUT2D eigenvalue weighted by molar-refractivity contribution is -0.120. The van der Waals surface area contributed by atoms with Gasteiger partial charge in [-0.05, 0) is 53.3 Å². The van der Waals surface area contributed by atoms with Gasteiger partial charge in [0.2, 0.25) is 12.2 Å². The second kappa shape index (κ2) is 11.4. The van der Waals surface area contributed by atoms with Gasteiger partial charge < -0.3 is 23.8 Å². The first-order valence-electron chi connectivity index (χ1n) is 11.5. The Bertz CT molecular complexity index is 1180. The number of rotatable bonds is 10. The van der Waals surface area contributed by atoms with Crippen molar-refractivity contribution in [2.45, 2.75) is 31.4 Å². The van der Waals surface area contributed by atoms with Gasteiger partial charge in [0.1, 0.15) is 12.4 Å². The van der Waals surface area contributed by atoms with Gasteiger partial charge in [-0.3, -0.25) is 4.79 Å². The Morgan fingerprint density at radius 2 is 1.71 bits per heavy atom. The maximum Gasteiger partial charge on any atom is 0.210 e. The summed E-state index contributed by atoms with van der Waals surface area (Å²) in [5, 5.41) is 0. The Labute approximate surface area is 211 Å². The molecule has 35 heavy (non-hydrogen) atoms. The van der Waals surface area contributed by atoms with Gasteiger partial charge in [0.15, 0.2) is 11.5 Å². The Morgan fingerprint density at radius 3 is 2.43 bits per heavy atom. The molecule has 0 bridgehead atoms. The van der Waals surface area contributed by atoms with Crippen molar-refractivity contribution in [3.05, 3.63) is 82.4 Å². The molecule has 1 heterocycles. The third-order valence-electron chi connectivity index (χ3n) is 6.35. The molecular weight excluding hydrogens is 466 g/mol. The number of benzene rings is 3. The third-order valence-corrected chi connectivity index (χ3v) is 6.66. The zero-order chi connectivity index (χ0) is 24.8. The molecule has 1 aliphatic heterocycles. The van der Waals surface area contributed by atoms with Crippen LogP contribution in [0.15, 0.2) is 54.6 Å². The average Bonchev–Trinajstić information content (AvgIpc) is 2.91. The van der Waals surface area contributed by atoms with Crippen molar-refractivity contribution in [1.29, 1.82) is 0 Å². The minimum absolute atomic E-state index is 0.229. The van der Waals surface area contributed by atoms with Crippen molar-refractivity contribution in [3.8, 4) is 23.0 Å². The van der Waals surface area contributed by atoms with Crippen LogP contribution in [0.25, 0.3) is 0 Å². The maximum atomic E-state index is 12.1. The largest absolute Gasteiger partial charge is 0.497 e. The smallest absolute Gasteiger partial charge is 0.210 e. The molecule has 0 aromatic heterocycles. The van der Waals surface area contributed by atoms with Gasteiger partial charge in [0.05, 0.1) is 27.4 Å². The second-order valence-corrected chi connectivity index (χ2v) is 8.69. The molecule has 184 valence electrons. The fourth-order valence-electron chi connectivity index (χ4n) is 4.64. The van der Waals surface area contributed by atoms with Crippen molar-refractivity contribution < 1.29 is 23.7 Å². The van der Waals surface area contributed by atoms with E-state index in [9.17, 15) is 4.79 Å². The van der Waals surface area contributed by atoms with Crippen LogP contribution in [0.2, 0.25) is 0 Å². The van der Waals surface area contributed by atoms with E-state index in [2.05, 4.69) is 0 Å². The highest BCUT2D eigenvalue weighted by atomic mass is 35.5. The summed E-state index contributed by atoms with van der Waals surface area (Å²) in [5.74, 6) is 2.93.